The maximum Gasteiger partial charge on any atom is 0.323 e. The van der Waals surface area contributed by atoms with Crippen LogP contribution in [0.4, 0.5) is 0 Å². The summed E-state index contributed by atoms with van der Waals surface area (Å²) in [5, 5.41) is 12.6. The summed E-state index contributed by atoms with van der Waals surface area (Å²) in [4.78, 5) is 23.3. The maximum atomic E-state index is 11.7. The van der Waals surface area contributed by atoms with Gasteiger partial charge in [0.2, 0.25) is 0 Å². The molecule has 1 amide bonds. The third kappa shape index (κ3) is 2.55. The lowest BCUT2D eigenvalue weighted by atomic mass is 10.2. The van der Waals surface area contributed by atoms with Crippen LogP contribution >= 0.6 is 0 Å². The van der Waals surface area contributed by atoms with E-state index in [2.05, 4.69) is 5.10 Å². The van der Waals surface area contributed by atoms with Crippen LogP contribution in [0, 0.1) is 6.92 Å². The van der Waals surface area contributed by atoms with Gasteiger partial charge in [0.05, 0.1) is 11.3 Å². The van der Waals surface area contributed by atoms with E-state index in [1.165, 1.54) is 11.7 Å². The zero-order chi connectivity index (χ0) is 11.6. The normalized spacial score (nSPS) is 10.1. The fourth-order valence-corrected chi connectivity index (χ4v) is 1.29. The van der Waals surface area contributed by atoms with Gasteiger partial charge >= 0.3 is 5.97 Å². The van der Waals surface area contributed by atoms with E-state index in [1.54, 1.807) is 20.2 Å². The molecule has 1 aromatic rings. The number of likely N-dealkylation sites (N-methyl/N-ethyl adjacent to an activating group) is 1. The first-order valence-corrected chi connectivity index (χ1v) is 4.39. The molecule has 0 atom stereocenters. The molecule has 15 heavy (non-hydrogen) atoms. The summed E-state index contributed by atoms with van der Waals surface area (Å²) < 4.78 is 1.52. The van der Waals surface area contributed by atoms with E-state index >= 15 is 0 Å². The summed E-state index contributed by atoms with van der Waals surface area (Å²) in [6, 6.07) is 0. The zero-order valence-corrected chi connectivity index (χ0v) is 8.89. The first kappa shape index (κ1) is 11.2. The lowest BCUT2D eigenvalue weighted by Gasteiger charge is -2.13. The van der Waals surface area contributed by atoms with Gasteiger partial charge in [0.1, 0.15) is 6.54 Å². The van der Waals surface area contributed by atoms with E-state index in [9.17, 15) is 9.59 Å². The number of aliphatic carboxylic acids is 1. The molecule has 1 aromatic heterocycles. The second-order valence-corrected chi connectivity index (χ2v) is 3.36. The quantitative estimate of drug-likeness (QED) is 0.756. The van der Waals surface area contributed by atoms with Crippen molar-refractivity contribution < 1.29 is 14.7 Å². The predicted molar refractivity (Wildman–Crippen MR) is 52.5 cm³/mol. The van der Waals surface area contributed by atoms with Gasteiger partial charge in [0.15, 0.2) is 0 Å². The van der Waals surface area contributed by atoms with Crippen LogP contribution < -0.4 is 0 Å². The van der Waals surface area contributed by atoms with E-state index in [1.807, 2.05) is 0 Å². The third-order valence-corrected chi connectivity index (χ3v) is 1.96. The van der Waals surface area contributed by atoms with Crippen LogP contribution in [0.1, 0.15) is 16.1 Å². The monoisotopic (exact) mass is 211 g/mol. The van der Waals surface area contributed by atoms with Crippen LogP contribution in [0.5, 0.6) is 0 Å². The summed E-state index contributed by atoms with van der Waals surface area (Å²) in [6.07, 6.45) is 1.58. The second kappa shape index (κ2) is 4.12. The van der Waals surface area contributed by atoms with Crippen molar-refractivity contribution in [1.82, 2.24) is 14.7 Å². The number of carbonyl (C=O) groups excluding carboxylic acids is 1. The average Bonchev–Trinajstić information content (AvgIpc) is 2.42. The zero-order valence-electron chi connectivity index (χ0n) is 8.89. The van der Waals surface area contributed by atoms with E-state index < -0.39 is 5.97 Å². The molecule has 1 rings (SSSR count). The van der Waals surface area contributed by atoms with Crippen molar-refractivity contribution in [1.29, 1.82) is 0 Å². The molecule has 6 heteroatoms. The van der Waals surface area contributed by atoms with E-state index in [0.717, 1.165) is 4.90 Å². The van der Waals surface area contributed by atoms with E-state index in [4.69, 9.17) is 5.11 Å². The van der Waals surface area contributed by atoms with Crippen molar-refractivity contribution in [2.75, 3.05) is 13.6 Å². The number of hydrogen-bond acceptors (Lipinski definition) is 3. The maximum absolute atomic E-state index is 11.7. The minimum absolute atomic E-state index is 0.312. The van der Waals surface area contributed by atoms with Crippen LogP contribution in [0.25, 0.3) is 0 Å². The Morgan fingerprint density at radius 3 is 2.60 bits per heavy atom. The Kier molecular flexibility index (Phi) is 3.08. The molecule has 6 nitrogen and oxygen atoms in total. The topological polar surface area (TPSA) is 75.4 Å². The number of rotatable bonds is 3. The molecule has 82 valence electrons. The van der Waals surface area contributed by atoms with Crippen molar-refractivity contribution in [3.05, 3.63) is 17.5 Å². The molecule has 0 fully saturated rings. The summed E-state index contributed by atoms with van der Waals surface area (Å²) in [5.41, 5.74) is 1.03. The summed E-state index contributed by atoms with van der Waals surface area (Å²) >= 11 is 0. The highest BCUT2D eigenvalue weighted by atomic mass is 16.4. The number of hydrogen-bond donors (Lipinski definition) is 1. The first-order valence-electron chi connectivity index (χ1n) is 4.39. The predicted octanol–water partition coefficient (Wildman–Crippen LogP) is -0.115. The lowest BCUT2D eigenvalue weighted by Crippen LogP contribution is -2.32. The molecule has 1 N–H and O–H groups in total. The molecule has 0 radical (unpaired) electrons. The Morgan fingerprint density at radius 2 is 2.20 bits per heavy atom. The van der Waals surface area contributed by atoms with Crippen LogP contribution in [-0.4, -0.2) is 45.3 Å². The SMILES string of the molecule is Cc1nn(C)cc1C(=O)N(C)CC(=O)O. The van der Waals surface area contributed by atoms with Crippen LogP contribution in [0.2, 0.25) is 0 Å². The van der Waals surface area contributed by atoms with Gasteiger partial charge in [-0.1, -0.05) is 0 Å². The van der Waals surface area contributed by atoms with Gasteiger partial charge in [-0.05, 0) is 6.92 Å². The van der Waals surface area contributed by atoms with Gasteiger partial charge < -0.3 is 10.0 Å². The number of carbonyl (C=O) groups is 2. The molecule has 0 bridgehead atoms. The van der Waals surface area contributed by atoms with Gasteiger partial charge in [-0.15, -0.1) is 0 Å². The fourth-order valence-electron chi connectivity index (χ4n) is 1.29. The number of carboxylic acid groups (broad SMARTS) is 1. The number of aromatic nitrogens is 2. The molecular weight excluding hydrogens is 198 g/mol. The fraction of sp³-hybridized carbons (Fsp3) is 0.444. The molecule has 0 unspecified atom stereocenters. The standard InChI is InChI=1S/C9H13N3O3/c1-6-7(4-12(3)10-6)9(15)11(2)5-8(13)14/h4H,5H2,1-3H3,(H,13,14). The Balaban J connectivity index is 2.84. The van der Waals surface area contributed by atoms with Crippen LogP contribution in [-0.2, 0) is 11.8 Å². The Labute approximate surface area is 87.1 Å². The minimum atomic E-state index is -1.03. The van der Waals surface area contributed by atoms with E-state index in [0.29, 0.717) is 11.3 Å². The molecule has 0 saturated carbocycles. The Hall–Kier alpha value is -1.85. The van der Waals surface area contributed by atoms with Crippen molar-refractivity contribution in [2.24, 2.45) is 7.05 Å². The van der Waals surface area contributed by atoms with Crippen molar-refractivity contribution in [3.63, 3.8) is 0 Å². The highest BCUT2D eigenvalue weighted by Crippen LogP contribution is 2.07. The highest BCUT2D eigenvalue weighted by Gasteiger charge is 2.18. The Morgan fingerprint density at radius 1 is 1.60 bits per heavy atom. The van der Waals surface area contributed by atoms with Crippen molar-refractivity contribution in [3.8, 4) is 0 Å². The van der Waals surface area contributed by atoms with E-state index in [-0.39, 0.29) is 12.5 Å². The minimum Gasteiger partial charge on any atom is -0.480 e. The van der Waals surface area contributed by atoms with Gasteiger partial charge in [-0.25, -0.2) is 0 Å². The largest absolute Gasteiger partial charge is 0.480 e. The number of amides is 1. The van der Waals surface area contributed by atoms with Crippen LogP contribution in [0.3, 0.4) is 0 Å². The summed E-state index contributed by atoms with van der Waals surface area (Å²) in [5.74, 6) is -1.37. The third-order valence-electron chi connectivity index (χ3n) is 1.96. The molecule has 1 heterocycles. The molecule has 0 saturated heterocycles. The number of aryl methyl sites for hydroxylation is 2. The van der Waals surface area contributed by atoms with Gasteiger partial charge in [-0.2, -0.15) is 5.10 Å². The summed E-state index contributed by atoms with van der Waals surface area (Å²) in [6.45, 7) is 1.40. The smallest absolute Gasteiger partial charge is 0.323 e. The Bertz CT molecular complexity index is 397. The second-order valence-electron chi connectivity index (χ2n) is 3.36. The van der Waals surface area contributed by atoms with Gasteiger partial charge in [0.25, 0.3) is 5.91 Å². The molecule has 0 aliphatic heterocycles. The van der Waals surface area contributed by atoms with Gasteiger partial charge in [-0.3, -0.25) is 14.3 Å². The molecule has 0 spiro atoms. The van der Waals surface area contributed by atoms with Crippen LogP contribution in [0.15, 0.2) is 6.20 Å². The van der Waals surface area contributed by atoms with Gasteiger partial charge in [0, 0.05) is 20.3 Å². The summed E-state index contributed by atoms with van der Waals surface area (Å²) in [7, 11) is 3.16. The lowest BCUT2D eigenvalue weighted by molar-refractivity contribution is -0.137. The van der Waals surface area contributed by atoms with Crippen molar-refractivity contribution in [2.45, 2.75) is 6.92 Å². The molecular formula is C9H13N3O3. The number of carboxylic acids is 1. The molecule has 0 aromatic carbocycles. The number of nitrogens with zero attached hydrogens (tertiary/aromatic N) is 3. The highest BCUT2D eigenvalue weighted by molar-refractivity contribution is 5.96. The molecule has 0 aliphatic rings. The molecule has 0 aliphatic carbocycles. The van der Waals surface area contributed by atoms with Crippen molar-refractivity contribution >= 4 is 11.9 Å². The average molecular weight is 211 g/mol. The first-order chi connectivity index (χ1) is 6.91.